The number of carbonyl (C=O) groups is 1. The molecule has 1 N–H and O–H groups in total. The van der Waals surface area contributed by atoms with E-state index in [1.807, 2.05) is 27.7 Å². The van der Waals surface area contributed by atoms with E-state index in [2.05, 4.69) is 15.4 Å². The fraction of sp³-hybridized carbons (Fsp3) is 0.438. The molecule has 0 atom stereocenters. The van der Waals surface area contributed by atoms with Gasteiger partial charge in [0.05, 0.1) is 23.1 Å². The van der Waals surface area contributed by atoms with Crippen molar-refractivity contribution in [3.05, 3.63) is 36.4 Å². The summed E-state index contributed by atoms with van der Waals surface area (Å²) >= 11 is 0. The molecular formula is C16H21BN4O3. The molecule has 0 spiro atoms. The van der Waals surface area contributed by atoms with E-state index in [1.54, 1.807) is 42.5 Å². The van der Waals surface area contributed by atoms with Gasteiger partial charge in [-0.05, 0) is 39.8 Å². The van der Waals surface area contributed by atoms with Crippen molar-refractivity contribution in [2.75, 3.05) is 5.32 Å². The Morgan fingerprint density at radius 2 is 1.92 bits per heavy atom. The second kappa shape index (κ2) is 5.72. The van der Waals surface area contributed by atoms with Gasteiger partial charge >= 0.3 is 7.12 Å². The lowest BCUT2D eigenvalue weighted by Gasteiger charge is -2.32. The van der Waals surface area contributed by atoms with Gasteiger partial charge in [-0.25, -0.2) is 0 Å². The van der Waals surface area contributed by atoms with E-state index in [-0.39, 0.29) is 11.6 Å². The standard InChI is InChI=1S/C16H21BN4O3/c1-15(2)16(3,4)24-17(23-15)12-10-21(5)20-13(12)14(22)19-11-7-6-8-18-9-11/h6-10H,1-5H3,(H,19,22). The molecule has 1 fully saturated rings. The average molecular weight is 328 g/mol. The summed E-state index contributed by atoms with van der Waals surface area (Å²) < 4.78 is 13.7. The van der Waals surface area contributed by atoms with Gasteiger partial charge in [-0.1, -0.05) is 0 Å². The third kappa shape index (κ3) is 2.94. The number of aryl methyl sites for hydroxylation is 1. The number of nitrogens with one attached hydrogen (secondary N) is 1. The van der Waals surface area contributed by atoms with E-state index in [4.69, 9.17) is 9.31 Å². The topological polar surface area (TPSA) is 78.3 Å². The van der Waals surface area contributed by atoms with Crippen LogP contribution in [0.15, 0.2) is 30.7 Å². The normalized spacial score (nSPS) is 18.6. The Kier molecular flexibility index (Phi) is 3.97. The summed E-state index contributed by atoms with van der Waals surface area (Å²) in [6, 6.07) is 3.52. The van der Waals surface area contributed by atoms with Crippen molar-refractivity contribution in [3.63, 3.8) is 0 Å². The monoisotopic (exact) mass is 328 g/mol. The van der Waals surface area contributed by atoms with Crippen LogP contribution in [0, 0.1) is 0 Å². The Morgan fingerprint density at radius 3 is 2.50 bits per heavy atom. The lowest BCUT2D eigenvalue weighted by atomic mass is 9.79. The van der Waals surface area contributed by atoms with Crippen molar-refractivity contribution in [2.24, 2.45) is 7.05 Å². The molecule has 8 heteroatoms. The molecule has 7 nitrogen and oxygen atoms in total. The number of rotatable bonds is 3. The van der Waals surface area contributed by atoms with Gasteiger partial charge in [0.25, 0.3) is 5.91 Å². The summed E-state index contributed by atoms with van der Waals surface area (Å²) in [4.78, 5) is 16.6. The van der Waals surface area contributed by atoms with Crippen molar-refractivity contribution in [1.82, 2.24) is 14.8 Å². The van der Waals surface area contributed by atoms with Gasteiger partial charge in [-0.15, -0.1) is 0 Å². The molecule has 0 aliphatic carbocycles. The molecule has 1 saturated heterocycles. The maximum absolute atomic E-state index is 12.6. The van der Waals surface area contributed by atoms with E-state index in [0.29, 0.717) is 11.2 Å². The molecule has 3 heterocycles. The van der Waals surface area contributed by atoms with Gasteiger partial charge in [-0.3, -0.25) is 14.5 Å². The molecule has 2 aromatic heterocycles. The number of carbonyl (C=O) groups excluding carboxylic acids is 1. The molecule has 0 bridgehead atoms. The molecule has 1 aliphatic rings. The Balaban J connectivity index is 1.88. The highest BCUT2D eigenvalue weighted by Crippen LogP contribution is 2.36. The van der Waals surface area contributed by atoms with Crippen LogP contribution in [-0.4, -0.2) is 39.0 Å². The van der Waals surface area contributed by atoms with Crippen LogP contribution in [0.2, 0.25) is 0 Å². The SMILES string of the molecule is Cn1cc(B2OC(C)(C)C(C)(C)O2)c(C(=O)Nc2cccnc2)n1. The minimum atomic E-state index is -0.640. The largest absolute Gasteiger partial charge is 0.498 e. The van der Waals surface area contributed by atoms with Crippen LogP contribution in [0.5, 0.6) is 0 Å². The molecular weight excluding hydrogens is 307 g/mol. The average Bonchev–Trinajstić information content (AvgIpc) is 2.98. The molecule has 0 unspecified atom stereocenters. The van der Waals surface area contributed by atoms with Crippen molar-refractivity contribution >= 4 is 24.2 Å². The number of hydrogen-bond donors (Lipinski definition) is 1. The summed E-state index contributed by atoms with van der Waals surface area (Å²) in [5, 5.41) is 7.06. The second-order valence-electron chi connectivity index (χ2n) is 6.89. The van der Waals surface area contributed by atoms with Crippen molar-refractivity contribution in [3.8, 4) is 0 Å². The van der Waals surface area contributed by atoms with Crippen LogP contribution < -0.4 is 10.8 Å². The molecule has 0 radical (unpaired) electrons. The van der Waals surface area contributed by atoms with Gasteiger partial charge in [0.1, 0.15) is 5.69 Å². The number of anilines is 1. The van der Waals surface area contributed by atoms with Crippen molar-refractivity contribution in [2.45, 2.75) is 38.9 Å². The van der Waals surface area contributed by atoms with Gasteiger partial charge in [0, 0.05) is 24.9 Å². The van der Waals surface area contributed by atoms with Crippen molar-refractivity contribution < 1.29 is 14.1 Å². The van der Waals surface area contributed by atoms with Crippen LogP contribution in [0.1, 0.15) is 38.2 Å². The van der Waals surface area contributed by atoms with E-state index >= 15 is 0 Å². The van der Waals surface area contributed by atoms with Crippen LogP contribution in [0.3, 0.4) is 0 Å². The first kappa shape index (κ1) is 16.7. The summed E-state index contributed by atoms with van der Waals surface area (Å²) in [5.41, 5.74) is 0.528. The maximum atomic E-state index is 12.6. The Bertz CT molecular complexity index is 742. The third-order valence-electron chi connectivity index (χ3n) is 4.50. The van der Waals surface area contributed by atoms with Crippen LogP contribution >= 0.6 is 0 Å². The Hall–Kier alpha value is -2.19. The summed E-state index contributed by atoms with van der Waals surface area (Å²) in [7, 11) is 1.12. The molecule has 1 amide bonds. The fourth-order valence-electron chi connectivity index (χ4n) is 2.45. The molecule has 2 aromatic rings. The lowest BCUT2D eigenvalue weighted by molar-refractivity contribution is 0.00578. The minimum absolute atomic E-state index is 0.278. The first-order chi connectivity index (χ1) is 11.2. The van der Waals surface area contributed by atoms with Crippen LogP contribution in [0.25, 0.3) is 0 Å². The number of pyridine rings is 1. The quantitative estimate of drug-likeness (QED) is 0.861. The smallest absolute Gasteiger partial charge is 0.399 e. The van der Waals surface area contributed by atoms with Crippen LogP contribution in [-0.2, 0) is 16.4 Å². The minimum Gasteiger partial charge on any atom is -0.399 e. The molecule has 0 aromatic carbocycles. The zero-order chi connectivity index (χ0) is 17.5. The molecule has 24 heavy (non-hydrogen) atoms. The van der Waals surface area contributed by atoms with Gasteiger partial charge < -0.3 is 14.6 Å². The molecule has 3 rings (SSSR count). The lowest BCUT2D eigenvalue weighted by Crippen LogP contribution is -2.41. The van der Waals surface area contributed by atoms with Gasteiger partial charge in [0.2, 0.25) is 0 Å². The Morgan fingerprint density at radius 1 is 1.25 bits per heavy atom. The molecule has 1 aliphatic heterocycles. The van der Waals surface area contributed by atoms with E-state index in [0.717, 1.165) is 0 Å². The van der Waals surface area contributed by atoms with Gasteiger partial charge in [0.15, 0.2) is 0 Å². The van der Waals surface area contributed by atoms with E-state index in [1.165, 1.54) is 0 Å². The summed E-state index contributed by atoms with van der Waals surface area (Å²) in [6.07, 6.45) is 4.97. The Labute approximate surface area is 141 Å². The number of hydrogen-bond acceptors (Lipinski definition) is 5. The number of nitrogens with zero attached hydrogens (tertiary/aromatic N) is 3. The predicted octanol–water partition coefficient (Wildman–Crippen LogP) is 1.37. The first-order valence-electron chi connectivity index (χ1n) is 7.80. The zero-order valence-corrected chi connectivity index (χ0v) is 14.5. The number of amides is 1. The van der Waals surface area contributed by atoms with Gasteiger partial charge in [-0.2, -0.15) is 5.10 Å². The maximum Gasteiger partial charge on any atom is 0.498 e. The van der Waals surface area contributed by atoms with E-state index in [9.17, 15) is 4.79 Å². The summed E-state index contributed by atoms with van der Waals surface area (Å²) in [5.74, 6) is -0.326. The number of aromatic nitrogens is 3. The van der Waals surface area contributed by atoms with Crippen molar-refractivity contribution in [1.29, 1.82) is 0 Å². The zero-order valence-electron chi connectivity index (χ0n) is 14.5. The predicted molar refractivity (Wildman–Crippen MR) is 91.1 cm³/mol. The third-order valence-corrected chi connectivity index (χ3v) is 4.50. The van der Waals surface area contributed by atoms with E-state index < -0.39 is 18.3 Å². The summed E-state index contributed by atoms with van der Waals surface area (Å²) in [6.45, 7) is 7.88. The highest BCUT2D eigenvalue weighted by molar-refractivity contribution is 6.63. The second-order valence-corrected chi connectivity index (χ2v) is 6.89. The first-order valence-corrected chi connectivity index (χ1v) is 7.80. The highest BCUT2D eigenvalue weighted by atomic mass is 16.7. The highest BCUT2D eigenvalue weighted by Gasteiger charge is 2.53. The van der Waals surface area contributed by atoms with Crippen LogP contribution in [0.4, 0.5) is 5.69 Å². The molecule has 126 valence electrons. The molecule has 0 saturated carbocycles. The fourth-order valence-corrected chi connectivity index (χ4v) is 2.45.